The number of hydrogen-bond donors (Lipinski definition) is 2. The third-order valence-corrected chi connectivity index (χ3v) is 3.48. The molecule has 22 heavy (non-hydrogen) atoms. The summed E-state index contributed by atoms with van der Waals surface area (Å²) < 4.78 is 11.0. The van der Waals surface area contributed by atoms with Crippen LogP contribution in [0.5, 0.6) is 5.75 Å². The van der Waals surface area contributed by atoms with Crippen molar-refractivity contribution in [2.24, 2.45) is 0 Å². The van der Waals surface area contributed by atoms with Crippen LogP contribution >= 0.6 is 0 Å². The molecule has 0 bridgehead atoms. The van der Waals surface area contributed by atoms with E-state index in [1.165, 1.54) is 18.4 Å². The lowest BCUT2D eigenvalue weighted by Gasteiger charge is -2.09. The smallest absolute Gasteiger partial charge is 0.142 e. The molecule has 3 N–H and O–H groups in total. The van der Waals surface area contributed by atoms with E-state index in [0.29, 0.717) is 6.61 Å². The number of hydrogen-bond acceptors (Lipinski definition) is 4. The maximum Gasteiger partial charge on any atom is 0.142 e. The van der Waals surface area contributed by atoms with Gasteiger partial charge in [-0.1, -0.05) is 19.4 Å². The number of nitrogens with two attached hydrogens (primary N) is 1. The Morgan fingerprint density at radius 2 is 1.82 bits per heavy atom. The Labute approximate surface area is 135 Å². The molecule has 0 fully saturated rings. The zero-order chi connectivity index (χ0) is 16.0. The van der Waals surface area contributed by atoms with E-state index in [1.807, 2.05) is 19.1 Å². The van der Waals surface area contributed by atoms with Crippen molar-refractivity contribution in [2.75, 3.05) is 38.6 Å². The average Bonchev–Trinajstić information content (AvgIpc) is 2.52. The monoisotopic (exact) mass is 308 g/mol. The summed E-state index contributed by atoms with van der Waals surface area (Å²) in [6, 6.07) is 6.09. The minimum atomic E-state index is 0.648. The van der Waals surface area contributed by atoms with Gasteiger partial charge in [0.25, 0.3) is 0 Å². The first kappa shape index (κ1) is 18.8. The van der Waals surface area contributed by atoms with Gasteiger partial charge in [-0.15, -0.1) is 0 Å². The molecule has 0 radical (unpaired) electrons. The lowest BCUT2D eigenvalue weighted by atomic mass is 10.1. The maximum absolute atomic E-state index is 5.97. The third kappa shape index (κ3) is 8.25. The quantitative estimate of drug-likeness (QED) is 0.433. The summed E-state index contributed by atoms with van der Waals surface area (Å²) in [5, 5.41) is 3.46. The minimum Gasteiger partial charge on any atom is -0.492 e. The van der Waals surface area contributed by atoms with E-state index in [-0.39, 0.29) is 0 Å². The van der Waals surface area contributed by atoms with E-state index in [9.17, 15) is 0 Å². The van der Waals surface area contributed by atoms with Crippen molar-refractivity contribution < 1.29 is 9.47 Å². The molecule has 0 aliphatic carbocycles. The molecule has 0 unspecified atom stereocenters. The topological polar surface area (TPSA) is 56.5 Å². The summed E-state index contributed by atoms with van der Waals surface area (Å²) in [6.07, 6.45) is 5.60. The second-order valence-electron chi connectivity index (χ2n) is 5.48. The van der Waals surface area contributed by atoms with E-state index < -0.39 is 0 Å². The lowest BCUT2D eigenvalue weighted by Crippen LogP contribution is -2.18. The van der Waals surface area contributed by atoms with E-state index in [4.69, 9.17) is 15.2 Å². The first-order valence-corrected chi connectivity index (χ1v) is 8.57. The van der Waals surface area contributed by atoms with Gasteiger partial charge in [0.05, 0.1) is 12.3 Å². The molecule has 1 rings (SSSR count). The normalized spacial score (nSPS) is 10.8. The highest BCUT2D eigenvalue weighted by Crippen LogP contribution is 2.22. The number of aryl methyl sites for hydroxylation is 1. The summed E-state index contributed by atoms with van der Waals surface area (Å²) in [5.74, 6) is 0.785. The average molecular weight is 308 g/mol. The van der Waals surface area contributed by atoms with Crippen LogP contribution in [-0.4, -0.2) is 32.9 Å². The minimum absolute atomic E-state index is 0.648. The highest BCUT2D eigenvalue weighted by molar-refractivity contribution is 5.54. The maximum atomic E-state index is 5.97. The predicted octanol–water partition coefficient (Wildman–Crippen LogP) is 3.40. The molecule has 0 atom stereocenters. The first-order valence-electron chi connectivity index (χ1n) is 8.57. The van der Waals surface area contributed by atoms with Crippen molar-refractivity contribution >= 4 is 5.69 Å². The summed E-state index contributed by atoms with van der Waals surface area (Å²) in [7, 11) is 0. The Balaban J connectivity index is 2.04. The van der Waals surface area contributed by atoms with E-state index in [1.54, 1.807) is 0 Å². The Morgan fingerprint density at radius 3 is 2.55 bits per heavy atom. The van der Waals surface area contributed by atoms with Gasteiger partial charge in [0.2, 0.25) is 0 Å². The summed E-state index contributed by atoms with van der Waals surface area (Å²) in [6.45, 7) is 8.62. The molecule has 0 saturated carbocycles. The van der Waals surface area contributed by atoms with Gasteiger partial charge < -0.3 is 20.5 Å². The van der Waals surface area contributed by atoms with Gasteiger partial charge in [0, 0.05) is 13.2 Å². The Kier molecular flexibility index (Phi) is 10.5. The SMILES string of the molecule is CCCCOCCCNCCCc1ccc(OCC)c(N)c1. The second-order valence-corrected chi connectivity index (χ2v) is 5.48. The molecule has 126 valence electrons. The van der Waals surface area contributed by atoms with Gasteiger partial charge in [-0.3, -0.25) is 0 Å². The zero-order valence-corrected chi connectivity index (χ0v) is 14.2. The van der Waals surface area contributed by atoms with Crippen LogP contribution in [0.2, 0.25) is 0 Å². The molecule has 0 heterocycles. The number of ether oxygens (including phenoxy) is 2. The molecule has 0 spiro atoms. The first-order chi connectivity index (χ1) is 10.8. The van der Waals surface area contributed by atoms with Crippen molar-refractivity contribution in [1.29, 1.82) is 0 Å². The Bertz CT molecular complexity index is 397. The summed E-state index contributed by atoms with van der Waals surface area (Å²) >= 11 is 0. The number of benzene rings is 1. The van der Waals surface area contributed by atoms with Crippen LogP contribution in [-0.2, 0) is 11.2 Å². The van der Waals surface area contributed by atoms with E-state index in [0.717, 1.165) is 57.0 Å². The molecule has 0 amide bonds. The van der Waals surface area contributed by atoms with Gasteiger partial charge >= 0.3 is 0 Å². The van der Waals surface area contributed by atoms with E-state index in [2.05, 4.69) is 18.3 Å². The zero-order valence-electron chi connectivity index (χ0n) is 14.2. The van der Waals surface area contributed by atoms with Gasteiger partial charge in [0.1, 0.15) is 5.75 Å². The number of unbranched alkanes of at least 4 members (excludes halogenated alkanes) is 1. The highest BCUT2D eigenvalue weighted by atomic mass is 16.5. The fourth-order valence-electron chi connectivity index (χ4n) is 2.23. The van der Waals surface area contributed by atoms with Crippen molar-refractivity contribution in [3.05, 3.63) is 23.8 Å². The number of nitrogen functional groups attached to an aromatic ring is 1. The van der Waals surface area contributed by atoms with E-state index >= 15 is 0 Å². The standard InChI is InChI=1S/C18H32N2O2/c1-3-5-13-21-14-7-12-20-11-6-8-16-9-10-18(22-4-2)17(19)15-16/h9-10,15,20H,3-8,11-14,19H2,1-2H3. The van der Waals surface area contributed by atoms with Crippen molar-refractivity contribution in [3.63, 3.8) is 0 Å². The second kappa shape index (κ2) is 12.3. The molecule has 0 aliphatic heterocycles. The van der Waals surface area contributed by atoms with Crippen LogP contribution in [0, 0.1) is 0 Å². The molecule has 4 heteroatoms. The Morgan fingerprint density at radius 1 is 1.05 bits per heavy atom. The van der Waals surface area contributed by atoms with Crippen molar-refractivity contribution in [3.8, 4) is 5.75 Å². The van der Waals surface area contributed by atoms with Crippen LogP contribution in [0.1, 0.15) is 45.1 Å². The number of anilines is 1. The summed E-state index contributed by atoms with van der Waals surface area (Å²) in [5.41, 5.74) is 7.97. The van der Waals surface area contributed by atoms with Gasteiger partial charge in [-0.25, -0.2) is 0 Å². The fourth-order valence-corrected chi connectivity index (χ4v) is 2.23. The third-order valence-electron chi connectivity index (χ3n) is 3.48. The molecule has 0 saturated heterocycles. The van der Waals surface area contributed by atoms with Crippen LogP contribution in [0.25, 0.3) is 0 Å². The summed E-state index contributed by atoms with van der Waals surface area (Å²) in [4.78, 5) is 0. The molecular weight excluding hydrogens is 276 g/mol. The molecule has 1 aromatic rings. The van der Waals surface area contributed by atoms with Gasteiger partial charge in [0.15, 0.2) is 0 Å². The number of rotatable bonds is 13. The largest absolute Gasteiger partial charge is 0.492 e. The van der Waals surface area contributed by atoms with Crippen molar-refractivity contribution in [2.45, 2.75) is 46.0 Å². The molecular formula is C18H32N2O2. The fraction of sp³-hybridized carbons (Fsp3) is 0.667. The van der Waals surface area contributed by atoms with Gasteiger partial charge in [-0.05, 0) is 63.4 Å². The van der Waals surface area contributed by atoms with Crippen LogP contribution in [0.4, 0.5) is 5.69 Å². The molecule has 4 nitrogen and oxygen atoms in total. The Hall–Kier alpha value is -1.26. The van der Waals surface area contributed by atoms with Crippen molar-refractivity contribution in [1.82, 2.24) is 5.32 Å². The predicted molar refractivity (Wildman–Crippen MR) is 93.6 cm³/mol. The highest BCUT2D eigenvalue weighted by Gasteiger charge is 2.01. The molecule has 0 aromatic heterocycles. The molecule has 1 aromatic carbocycles. The lowest BCUT2D eigenvalue weighted by molar-refractivity contribution is 0.129. The number of nitrogens with one attached hydrogen (secondary N) is 1. The van der Waals surface area contributed by atoms with Crippen LogP contribution < -0.4 is 15.8 Å². The van der Waals surface area contributed by atoms with Gasteiger partial charge in [-0.2, -0.15) is 0 Å². The molecule has 0 aliphatic rings. The van der Waals surface area contributed by atoms with Crippen LogP contribution in [0.15, 0.2) is 18.2 Å². The van der Waals surface area contributed by atoms with Crippen LogP contribution in [0.3, 0.4) is 0 Å².